The summed E-state index contributed by atoms with van der Waals surface area (Å²) in [5, 5.41) is 2.75. The lowest BCUT2D eigenvalue weighted by molar-refractivity contribution is -0.150. The summed E-state index contributed by atoms with van der Waals surface area (Å²) in [7, 11) is 1.53. The molecule has 1 heterocycles. The Kier molecular flexibility index (Phi) is 8.57. The highest BCUT2D eigenvalue weighted by Gasteiger charge is 2.22. The number of methoxy groups -OCH3 is 1. The fourth-order valence-electron chi connectivity index (χ4n) is 2.84. The number of esters is 1. The maximum atomic E-state index is 12.4. The molecule has 1 aliphatic rings. The van der Waals surface area contributed by atoms with Crippen LogP contribution in [0.15, 0.2) is 18.2 Å². The maximum Gasteiger partial charge on any atom is 0.317 e. The highest BCUT2D eigenvalue weighted by Crippen LogP contribution is 2.25. The Labute approximate surface area is 176 Å². The SMILES string of the molecule is COc1ccc(C)cc1NC(=O)[C@@H](C)OC(=O)CSC(=S)N1CCC(C)CC1. The van der Waals surface area contributed by atoms with Crippen molar-refractivity contribution >= 4 is 45.9 Å². The fraction of sp³-hybridized carbons (Fsp3) is 0.550. The van der Waals surface area contributed by atoms with Crippen LogP contribution in [0.5, 0.6) is 5.75 Å². The van der Waals surface area contributed by atoms with Crippen LogP contribution in [0.4, 0.5) is 5.69 Å². The van der Waals surface area contributed by atoms with Crippen molar-refractivity contribution in [1.29, 1.82) is 0 Å². The van der Waals surface area contributed by atoms with Crippen LogP contribution >= 0.6 is 24.0 Å². The first-order valence-corrected chi connectivity index (χ1v) is 10.8. The lowest BCUT2D eigenvalue weighted by atomic mass is 10.00. The Morgan fingerprint density at radius 2 is 2.04 bits per heavy atom. The number of benzene rings is 1. The number of thioether (sulfide) groups is 1. The highest BCUT2D eigenvalue weighted by molar-refractivity contribution is 8.23. The average molecular weight is 425 g/mol. The van der Waals surface area contributed by atoms with E-state index in [1.165, 1.54) is 18.9 Å². The topological polar surface area (TPSA) is 67.9 Å². The number of hydrogen-bond acceptors (Lipinski definition) is 6. The summed E-state index contributed by atoms with van der Waals surface area (Å²) in [5.74, 6) is 0.497. The molecule has 0 aromatic heterocycles. The largest absolute Gasteiger partial charge is 0.495 e. The summed E-state index contributed by atoms with van der Waals surface area (Å²) in [5.41, 5.74) is 1.53. The number of likely N-dealkylation sites (tertiary alicyclic amines) is 1. The van der Waals surface area contributed by atoms with Crippen molar-refractivity contribution in [3.05, 3.63) is 23.8 Å². The second kappa shape index (κ2) is 10.7. The number of carbonyl (C=O) groups is 2. The van der Waals surface area contributed by atoms with Crippen molar-refractivity contribution < 1.29 is 19.1 Å². The molecule has 1 aliphatic heterocycles. The van der Waals surface area contributed by atoms with Gasteiger partial charge in [-0.2, -0.15) is 0 Å². The molecular weight excluding hydrogens is 396 g/mol. The van der Waals surface area contributed by atoms with E-state index < -0.39 is 18.0 Å². The van der Waals surface area contributed by atoms with Gasteiger partial charge in [-0.15, -0.1) is 0 Å². The molecule has 0 unspecified atom stereocenters. The van der Waals surface area contributed by atoms with E-state index in [0.717, 1.165) is 37.4 Å². The summed E-state index contributed by atoms with van der Waals surface area (Å²) in [6.45, 7) is 7.56. The van der Waals surface area contributed by atoms with Gasteiger partial charge in [0.15, 0.2) is 6.10 Å². The number of amides is 1. The molecule has 0 aliphatic carbocycles. The molecule has 2 rings (SSSR count). The van der Waals surface area contributed by atoms with Crippen molar-refractivity contribution in [2.45, 2.75) is 39.7 Å². The van der Waals surface area contributed by atoms with E-state index in [2.05, 4.69) is 17.1 Å². The van der Waals surface area contributed by atoms with E-state index in [4.69, 9.17) is 21.7 Å². The van der Waals surface area contributed by atoms with Gasteiger partial charge in [-0.25, -0.2) is 0 Å². The standard InChI is InChI=1S/C20H28N2O4S2/c1-13-7-9-22(10-8-13)20(27)28-12-18(23)26-15(3)19(24)21-16-11-14(2)5-6-17(16)25-4/h5-6,11,13,15H,7-10,12H2,1-4H3,(H,21,24)/t15-/m1/s1. The van der Waals surface area contributed by atoms with Crippen LogP contribution < -0.4 is 10.1 Å². The Bertz CT molecular complexity index is 718. The van der Waals surface area contributed by atoms with E-state index in [0.29, 0.717) is 15.8 Å². The molecular formula is C20H28N2O4S2. The monoisotopic (exact) mass is 424 g/mol. The predicted octanol–water partition coefficient (Wildman–Crippen LogP) is 3.62. The zero-order valence-corrected chi connectivity index (χ0v) is 18.5. The number of rotatable bonds is 6. The molecule has 28 heavy (non-hydrogen) atoms. The first-order chi connectivity index (χ1) is 13.3. The van der Waals surface area contributed by atoms with E-state index in [-0.39, 0.29) is 5.75 Å². The van der Waals surface area contributed by atoms with Crippen LogP contribution in [0, 0.1) is 12.8 Å². The van der Waals surface area contributed by atoms with Gasteiger partial charge in [0.05, 0.1) is 18.6 Å². The molecule has 0 saturated carbocycles. The van der Waals surface area contributed by atoms with Gasteiger partial charge in [-0.05, 0) is 50.3 Å². The van der Waals surface area contributed by atoms with Gasteiger partial charge in [0.2, 0.25) is 0 Å². The molecule has 1 atom stereocenters. The number of aryl methyl sites for hydroxylation is 1. The number of piperidine rings is 1. The van der Waals surface area contributed by atoms with Crippen LogP contribution in [-0.2, 0) is 14.3 Å². The summed E-state index contributed by atoms with van der Waals surface area (Å²) in [4.78, 5) is 26.6. The van der Waals surface area contributed by atoms with Gasteiger partial charge in [0.1, 0.15) is 10.1 Å². The predicted molar refractivity (Wildman–Crippen MR) is 117 cm³/mol. The first kappa shape index (κ1) is 22.5. The van der Waals surface area contributed by atoms with E-state index in [9.17, 15) is 9.59 Å². The molecule has 1 aromatic rings. The van der Waals surface area contributed by atoms with Crippen molar-refractivity contribution in [3.63, 3.8) is 0 Å². The number of nitrogens with one attached hydrogen (secondary N) is 1. The maximum absolute atomic E-state index is 12.4. The number of carbonyl (C=O) groups excluding carboxylic acids is 2. The second-order valence-corrected chi connectivity index (χ2v) is 8.66. The average Bonchev–Trinajstić information content (AvgIpc) is 2.66. The zero-order valence-electron chi connectivity index (χ0n) is 16.8. The first-order valence-electron chi connectivity index (χ1n) is 9.36. The number of hydrogen-bond donors (Lipinski definition) is 1. The molecule has 0 spiro atoms. The molecule has 1 amide bonds. The molecule has 154 valence electrons. The molecule has 1 N–H and O–H groups in total. The van der Waals surface area contributed by atoms with Crippen LogP contribution in [-0.4, -0.2) is 53.2 Å². The minimum Gasteiger partial charge on any atom is -0.495 e. The van der Waals surface area contributed by atoms with Crippen LogP contribution in [0.3, 0.4) is 0 Å². The van der Waals surface area contributed by atoms with Crippen LogP contribution in [0.25, 0.3) is 0 Å². The molecule has 8 heteroatoms. The normalized spacial score (nSPS) is 15.6. The van der Waals surface area contributed by atoms with Crippen LogP contribution in [0.1, 0.15) is 32.3 Å². The summed E-state index contributed by atoms with van der Waals surface area (Å²) in [6.07, 6.45) is 1.32. The van der Waals surface area contributed by atoms with Gasteiger partial charge >= 0.3 is 5.97 Å². The Hall–Kier alpha value is -1.80. The summed E-state index contributed by atoms with van der Waals surface area (Å²) in [6, 6.07) is 5.47. The van der Waals surface area contributed by atoms with Gasteiger partial charge in [0.25, 0.3) is 5.91 Å². The summed E-state index contributed by atoms with van der Waals surface area (Å²) < 4.78 is 11.2. The third-order valence-electron chi connectivity index (χ3n) is 4.65. The van der Waals surface area contributed by atoms with Crippen molar-refractivity contribution in [2.24, 2.45) is 5.92 Å². The zero-order chi connectivity index (χ0) is 20.7. The molecule has 1 aromatic carbocycles. The minimum atomic E-state index is -0.914. The molecule has 6 nitrogen and oxygen atoms in total. The third kappa shape index (κ3) is 6.67. The van der Waals surface area contributed by atoms with Gasteiger partial charge in [-0.1, -0.05) is 37.0 Å². The molecule has 0 bridgehead atoms. The summed E-state index contributed by atoms with van der Waals surface area (Å²) >= 11 is 6.70. The lowest BCUT2D eigenvalue weighted by Gasteiger charge is -2.31. The van der Waals surface area contributed by atoms with Crippen molar-refractivity contribution in [1.82, 2.24) is 4.90 Å². The Balaban J connectivity index is 1.79. The van der Waals surface area contributed by atoms with E-state index in [1.54, 1.807) is 19.1 Å². The highest BCUT2D eigenvalue weighted by atomic mass is 32.2. The van der Waals surface area contributed by atoms with Crippen molar-refractivity contribution in [3.8, 4) is 5.75 Å². The number of nitrogens with zero attached hydrogens (tertiary/aromatic N) is 1. The number of anilines is 1. The number of thiocarbonyl (C=S) groups is 1. The third-order valence-corrected chi connectivity index (χ3v) is 6.14. The Morgan fingerprint density at radius 1 is 1.36 bits per heavy atom. The number of ether oxygens (including phenoxy) is 2. The smallest absolute Gasteiger partial charge is 0.317 e. The van der Waals surface area contributed by atoms with Crippen LogP contribution in [0.2, 0.25) is 0 Å². The van der Waals surface area contributed by atoms with E-state index >= 15 is 0 Å². The molecule has 1 saturated heterocycles. The molecule has 0 radical (unpaired) electrons. The minimum absolute atomic E-state index is 0.0935. The molecule has 1 fully saturated rings. The van der Waals surface area contributed by atoms with Gasteiger partial charge < -0.3 is 19.7 Å². The van der Waals surface area contributed by atoms with Crippen molar-refractivity contribution in [2.75, 3.05) is 31.3 Å². The fourth-order valence-corrected chi connectivity index (χ4v) is 3.88. The van der Waals surface area contributed by atoms with E-state index in [1.807, 2.05) is 13.0 Å². The van der Waals surface area contributed by atoms with Gasteiger partial charge in [0, 0.05) is 13.1 Å². The Morgan fingerprint density at radius 3 is 2.68 bits per heavy atom. The lowest BCUT2D eigenvalue weighted by Crippen LogP contribution is -2.36. The quantitative estimate of drug-likeness (QED) is 0.552. The van der Waals surface area contributed by atoms with Gasteiger partial charge in [-0.3, -0.25) is 9.59 Å². The second-order valence-electron chi connectivity index (χ2n) is 7.05.